The number of benzene rings is 1. The second-order valence-electron chi connectivity index (χ2n) is 8.07. The molecule has 0 N–H and O–H groups in total. The SMILES string of the molecule is CC1C2CC(CC(C)(C)C2)N1CC(=O)C(C#N)c1ccccc1. The highest BCUT2D eigenvalue weighted by molar-refractivity contribution is 5.90. The van der Waals surface area contributed by atoms with E-state index in [1.54, 1.807) is 0 Å². The average molecular weight is 310 g/mol. The van der Waals surface area contributed by atoms with Crippen LogP contribution in [0.5, 0.6) is 0 Å². The Morgan fingerprint density at radius 1 is 1.35 bits per heavy atom. The van der Waals surface area contributed by atoms with Crippen LogP contribution in [0.2, 0.25) is 0 Å². The summed E-state index contributed by atoms with van der Waals surface area (Å²) in [5, 5.41) is 9.47. The summed E-state index contributed by atoms with van der Waals surface area (Å²) in [5.41, 5.74) is 1.18. The molecule has 1 aromatic rings. The summed E-state index contributed by atoms with van der Waals surface area (Å²) >= 11 is 0. The number of rotatable bonds is 4. The third-order valence-electron chi connectivity index (χ3n) is 5.77. The maximum atomic E-state index is 12.8. The van der Waals surface area contributed by atoms with Gasteiger partial charge in [0.25, 0.3) is 0 Å². The Morgan fingerprint density at radius 2 is 2.04 bits per heavy atom. The van der Waals surface area contributed by atoms with Crippen LogP contribution >= 0.6 is 0 Å². The number of hydrogen-bond acceptors (Lipinski definition) is 3. The zero-order valence-electron chi connectivity index (χ0n) is 14.3. The minimum Gasteiger partial charge on any atom is -0.296 e. The third kappa shape index (κ3) is 3.19. The number of carbonyl (C=O) groups excluding carboxylic acids is 1. The van der Waals surface area contributed by atoms with E-state index in [1.165, 1.54) is 12.8 Å². The molecular weight excluding hydrogens is 284 g/mol. The lowest BCUT2D eigenvalue weighted by atomic mass is 9.71. The summed E-state index contributed by atoms with van der Waals surface area (Å²) in [6, 6.07) is 12.6. The monoisotopic (exact) mass is 310 g/mol. The fourth-order valence-corrected chi connectivity index (χ4v) is 4.69. The quantitative estimate of drug-likeness (QED) is 0.850. The van der Waals surface area contributed by atoms with Crippen LogP contribution in [0.3, 0.4) is 0 Å². The van der Waals surface area contributed by atoms with Crippen molar-refractivity contribution in [3.05, 3.63) is 35.9 Å². The number of likely N-dealkylation sites (tertiary alicyclic amines) is 1. The van der Waals surface area contributed by atoms with Crippen LogP contribution in [0, 0.1) is 22.7 Å². The van der Waals surface area contributed by atoms with E-state index in [9.17, 15) is 10.1 Å². The molecule has 122 valence electrons. The summed E-state index contributed by atoms with van der Waals surface area (Å²) in [6.07, 6.45) is 3.61. The van der Waals surface area contributed by atoms with Crippen LogP contribution < -0.4 is 0 Å². The molecule has 4 atom stereocenters. The highest BCUT2D eigenvalue weighted by Gasteiger charge is 2.47. The van der Waals surface area contributed by atoms with E-state index < -0.39 is 5.92 Å². The first-order valence-electron chi connectivity index (χ1n) is 8.64. The smallest absolute Gasteiger partial charge is 0.168 e. The molecule has 4 unspecified atom stereocenters. The van der Waals surface area contributed by atoms with Gasteiger partial charge >= 0.3 is 0 Å². The largest absolute Gasteiger partial charge is 0.296 e. The van der Waals surface area contributed by atoms with E-state index >= 15 is 0 Å². The van der Waals surface area contributed by atoms with Crippen LogP contribution in [0.25, 0.3) is 0 Å². The number of nitriles is 1. The molecule has 1 heterocycles. The van der Waals surface area contributed by atoms with Gasteiger partial charge in [-0.1, -0.05) is 44.2 Å². The van der Waals surface area contributed by atoms with Gasteiger partial charge in [-0.25, -0.2) is 0 Å². The van der Waals surface area contributed by atoms with Gasteiger partial charge in [0.05, 0.1) is 12.6 Å². The molecule has 1 saturated heterocycles. The van der Waals surface area contributed by atoms with Gasteiger partial charge in [0.1, 0.15) is 5.92 Å². The number of fused-ring (bicyclic) bond motifs is 2. The first-order chi connectivity index (χ1) is 10.9. The second-order valence-corrected chi connectivity index (χ2v) is 8.07. The van der Waals surface area contributed by atoms with Gasteiger partial charge in [-0.3, -0.25) is 9.69 Å². The second kappa shape index (κ2) is 6.09. The van der Waals surface area contributed by atoms with E-state index in [0.717, 1.165) is 12.0 Å². The molecule has 0 aromatic heterocycles. The zero-order chi connectivity index (χ0) is 16.6. The van der Waals surface area contributed by atoms with Crippen molar-refractivity contribution in [1.82, 2.24) is 4.90 Å². The molecule has 2 fully saturated rings. The Bertz CT molecular complexity index is 616. The fourth-order valence-electron chi connectivity index (χ4n) is 4.69. The van der Waals surface area contributed by atoms with Crippen LogP contribution in [-0.2, 0) is 4.79 Å². The van der Waals surface area contributed by atoms with E-state index in [-0.39, 0.29) is 5.78 Å². The maximum absolute atomic E-state index is 12.8. The molecule has 0 radical (unpaired) electrons. The minimum absolute atomic E-state index is 0.0379. The number of nitrogens with zero attached hydrogens (tertiary/aromatic N) is 2. The summed E-state index contributed by atoms with van der Waals surface area (Å²) < 4.78 is 0. The predicted molar refractivity (Wildman–Crippen MR) is 90.9 cm³/mol. The van der Waals surface area contributed by atoms with E-state index in [1.807, 2.05) is 30.3 Å². The molecular formula is C20H26N2O. The van der Waals surface area contributed by atoms with Crippen molar-refractivity contribution in [2.75, 3.05) is 6.54 Å². The lowest BCUT2D eigenvalue weighted by molar-refractivity contribution is -0.121. The van der Waals surface area contributed by atoms with Crippen molar-refractivity contribution < 1.29 is 4.79 Å². The van der Waals surface area contributed by atoms with Crippen molar-refractivity contribution >= 4 is 5.78 Å². The van der Waals surface area contributed by atoms with Gasteiger partial charge in [-0.05, 0) is 43.1 Å². The summed E-state index contributed by atoms with van der Waals surface area (Å²) in [4.78, 5) is 15.1. The molecule has 3 nitrogen and oxygen atoms in total. The van der Waals surface area contributed by atoms with E-state index in [0.29, 0.717) is 30.0 Å². The van der Waals surface area contributed by atoms with Crippen molar-refractivity contribution in [2.45, 2.75) is 58.0 Å². The number of ketones is 1. The predicted octanol–water partition coefficient (Wildman–Crippen LogP) is 3.76. The van der Waals surface area contributed by atoms with Gasteiger partial charge in [-0.15, -0.1) is 0 Å². The fraction of sp³-hybridized carbons (Fsp3) is 0.600. The molecule has 3 rings (SSSR count). The molecule has 2 aliphatic rings. The van der Waals surface area contributed by atoms with Crippen molar-refractivity contribution in [2.24, 2.45) is 11.3 Å². The van der Waals surface area contributed by atoms with Crippen LogP contribution in [0.1, 0.15) is 51.5 Å². The van der Waals surface area contributed by atoms with Crippen molar-refractivity contribution in [1.29, 1.82) is 5.26 Å². The molecule has 0 amide bonds. The van der Waals surface area contributed by atoms with Gasteiger partial charge < -0.3 is 0 Å². The first-order valence-corrected chi connectivity index (χ1v) is 8.64. The lowest BCUT2D eigenvalue weighted by Gasteiger charge is -2.35. The number of carbonyl (C=O) groups is 1. The Balaban J connectivity index is 1.74. The molecule has 23 heavy (non-hydrogen) atoms. The minimum atomic E-state index is -0.642. The third-order valence-corrected chi connectivity index (χ3v) is 5.77. The molecule has 1 saturated carbocycles. The van der Waals surface area contributed by atoms with Gasteiger partial charge in [0.2, 0.25) is 0 Å². The normalized spacial score (nSPS) is 30.6. The number of Topliss-reactive ketones (excluding diaryl/α,β-unsaturated/α-hetero) is 1. The highest BCUT2D eigenvalue weighted by Crippen LogP contribution is 2.48. The molecule has 1 aromatic carbocycles. The molecule has 1 aliphatic heterocycles. The molecule has 3 heteroatoms. The van der Waals surface area contributed by atoms with Gasteiger partial charge in [-0.2, -0.15) is 5.26 Å². The summed E-state index contributed by atoms with van der Waals surface area (Å²) in [5.74, 6) is 0.0848. The zero-order valence-corrected chi connectivity index (χ0v) is 14.3. The van der Waals surface area contributed by atoms with Crippen LogP contribution in [-0.4, -0.2) is 29.3 Å². The summed E-state index contributed by atoms with van der Waals surface area (Å²) in [6.45, 7) is 7.34. The average Bonchev–Trinajstić information content (AvgIpc) is 2.72. The van der Waals surface area contributed by atoms with E-state index in [2.05, 4.69) is 31.7 Å². The molecule has 2 bridgehead atoms. The Labute approximate surface area is 139 Å². The summed E-state index contributed by atoms with van der Waals surface area (Å²) in [7, 11) is 0. The lowest BCUT2D eigenvalue weighted by Crippen LogP contribution is -2.40. The Hall–Kier alpha value is -1.66. The standard InChI is InChI=1S/C20H26N2O/c1-14-16-9-17(11-20(2,3)10-16)22(14)13-19(23)18(12-21)15-7-5-4-6-8-15/h4-8,14,16-18H,9-11,13H2,1-3H3. The van der Waals surface area contributed by atoms with Crippen LogP contribution in [0.4, 0.5) is 0 Å². The maximum Gasteiger partial charge on any atom is 0.168 e. The topological polar surface area (TPSA) is 44.1 Å². The Kier molecular flexibility index (Phi) is 4.29. The van der Waals surface area contributed by atoms with Gasteiger partial charge in [0, 0.05) is 12.1 Å². The Morgan fingerprint density at radius 3 is 2.70 bits per heavy atom. The highest BCUT2D eigenvalue weighted by atomic mass is 16.1. The number of hydrogen-bond donors (Lipinski definition) is 0. The van der Waals surface area contributed by atoms with Crippen LogP contribution in [0.15, 0.2) is 30.3 Å². The van der Waals surface area contributed by atoms with E-state index in [4.69, 9.17) is 0 Å². The molecule has 1 aliphatic carbocycles. The van der Waals surface area contributed by atoms with Crippen molar-refractivity contribution in [3.63, 3.8) is 0 Å². The van der Waals surface area contributed by atoms with Crippen molar-refractivity contribution in [3.8, 4) is 6.07 Å². The first kappa shape index (κ1) is 16.2. The molecule has 0 spiro atoms. The van der Waals surface area contributed by atoms with Gasteiger partial charge in [0.15, 0.2) is 5.78 Å².